The van der Waals surface area contributed by atoms with Crippen LogP contribution in [0.15, 0.2) is 0 Å². The molecule has 0 aliphatic heterocycles. The lowest BCUT2D eigenvalue weighted by Crippen LogP contribution is -2.46. The molecule has 0 aromatic heterocycles. The Morgan fingerprint density at radius 2 is 1.75 bits per heavy atom. The van der Waals surface area contributed by atoms with Crippen LogP contribution < -0.4 is 0 Å². The third kappa shape index (κ3) is 6.60. The highest BCUT2D eigenvalue weighted by molar-refractivity contribution is 6.76. The molecule has 3 nitrogen and oxygen atoms in total. The first-order chi connectivity index (χ1) is 11.0. The van der Waals surface area contributed by atoms with Crippen LogP contribution in [0.4, 0.5) is 0 Å². The summed E-state index contributed by atoms with van der Waals surface area (Å²) in [6.45, 7) is 19.0. The molecule has 0 heterocycles. The molecular weight excluding hydrogens is 316 g/mol. The van der Waals surface area contributed by atoms with E-state index >= 15 is 0 Å². The van der Waals surface area contributed by atoms with Crippen molar-refractivity contribution in [2.45, 2.75) is 79.2 Å². The van der Waals surface area contributed by atoms with Crippen molar-refractivity contribution in [3.63, 3.8) is 0 Å². The SMILES string of the molecule is CC(C)[C@@H](OCOCC[Si](C)(C)C)[C@@H]1C(=O)[C@@H](C(C)C)CC[C@H]1C. The lowest BCUT2D eigenvalue weighted by atomic mass is 9.67. The summed E-state index contributed by atoms with van der Waals surface area (Å²) < 4.78 is 11.8. The summed E-state index contributed by atoms with van der Waals surface area (Å²) in [5.74, 6) is 1.79. The molecule has 0 N–H and O–H groups in total. The second-order valence-electron chi connectivity index (χ2n) is 9.55. The normalized spacial score (nSPS) is 27.1. The molecular formula is C20H40O3Si. The van der Waals surface area contributed by atoms with Gasteiger partial charge in [0, 0.05) is 26.5 Å². The molecule has 1 fully saturated rings. The van der Waals surface area contributed by atoms with Crippen LogP contribution in [-0.4, -0.2) is 33.4 Å². The first kappa shape index (κ1) is 21.8. The van der Waals surface area contributed by atoms with Gasteiger partial charge in [-0.05, 0) is 36.6 Å². The van der Waals surface area contributed by atoms with Crippen molar-refractivity contribution in [3.05, 3.63) is 0 Å². The third-order valence-corrected chi connectivity index (χ3v) is 7.10. The Labute approximate surface area is 150 Å². The van der Waals surface area contributed by atoms with E-state index in [-0.39, 0.29) is 17.9 Å². The van der Waals surface area contributed by atoms with E-state index in [0.717, 1.165) is 25.5 Å². The zero-order chi connectivity index (χ0) is 18.5. The van der Waals surface area contributed by atoms with Gasteiger partial charge in [0.2, 0.25) is 0 Å². The van der Waals surface area contributed by atoms with Crippen molar-refractivity contribution in [2.24, 2.45) is 29.6 Å². The molecule has 24 heavy (non-hydrogen) atoms. The molecule has 0 bridgehead atoms. The number of ketones is 1. The van der Waals surface area contributed by atoms with Gasteiger partial charge in [0.1, 0.15) is 12.6 Å². The van der Waals surface area contributed by atoms with Crippen LogP contribution in [0.25, 0.3) is 0 Å². The maximum Gasteiger partial charge on any atom is 0.147 e. The number of ether oxygens (including phenoxy) is 2. The number of hydrogen-bond donors (Lipinski definition) is 0. The minimum Gasteiger partial charge on any atom is -0.356 e. The number of hydrogen-bond acceptors (Lipinski definition) is 3. The summed E-state index contributed by atoms with van der Waals surface area (Å²) >= 11 is 0. The fourth-order valence-electron chi connectivity index (χ4n) is 3.71. The van der Waals surface area contributed by atoms with Crippen LogP contribution in [0, 0.1) is 29.6 Å². The van der Waals surface area contributed by atoms with E-state index < -0.39 is 8.07 Å². The molecule has 4 atom stereocenters. The standard InChI is InChI=1S/C20H40O3Si/c1-14(2)17-10-9-16(5)18(19(17)21)20(15(3)4)23-13-22-11-12-24(6,7)8/h14-18,20H,9-13H2,1-8H3/t16-,17-,18+,20-/m1/s1. The number of carbonyl (C=O) groups is 1. The largest absolute Gasteiger partial charge is 0.356 e. The molecule has 0 spiro atoms. The lowest BCUT2D eigenvalue weighted by Gasteiger charge is -2.40. The number of rotatable bonds is 9. The van der Waals surface area contributed by atoms with E-state index in [2.05, 4.69) is 54.3 Å². The smallest absolute Gasteiger partial charge is 0.147 e. The highest BCUT2D eigenvalue weighted by atomic mass is 28.3. The van der Waals surface area contributed by atoms with Crippen molar-refractivity contribution in [1.29, 1.82) is 0 Å². The highest BCUT2D eigenvalue weighted by Crippen LogP contribution is 2.38. The molecule has 1 saturated carbocycles. The van der Waals surface area contributed by atoms with E-state index in [1.807, 2.05) is 0 Å². The monoisotopic (exact) mass is 356 g/mol. The Morgan fingerprint density at radius 3 is 2.25 bits per heavy atom. The van der Waals surface area contributed by atoms with Gasteiger partial charge in [-0.15, -0.1) is 0 Å². The molecule has 1 aliphatic carbocycles. The Bertz CT molecular complexity index is 387. The van der Waals surface area contributed by atoms with Crippen LogP contribution in [0.3, 0.4) is 0 Å². The quantitative estimate of drug-likeness (QED) is 0.322. The van der Waals surface area contributed by atoms with Gasteiger partial charge in [-0.25, -0.2) is 0 Å². The molecule has 1 aliphatic rings. The summed E-state index contributed by atoms with van der Waals surface area (Å²) in [5.41, 5.74) is 0. The van der Waals surface area contributed by atoms with Crippen molar-refractivity contribution in [2.75, 3.05) is 13.4 Å². The maximum absolute atomic E-state index is 13.0. The Morgan fingerprint density at radius 1 is 1.12 bits per heavy atom. The van der Waals surface area contributed by atoms with Crippen molar-refractivity contribution in [1.82, 2.24) is 0 Å². The molecule has 142 valence electrons. The van der Waals surface area contributed by atoms with Gasteiger partial charge in [-0.2, -0.15) is 0 Å². The summed E-state index contributed by atoms with van der Waals surface area (Å²) in [6, 6.07) is 1.15. The van der Waals surface area contributed by atoms with Crippen molar-refractivity contribution >= 4 is 13.9 Å². The fourth-order valence-corrected chi connectivity index (χ4v) is 4.47. The zero-order valence-corrected chi connectivity index (χ0v) is 18.2. The van der Waals surface area contributed by atoms with Crippen molar-refractivity contribution in [3.8, 4) is 0 Å². The zero-order valence-electron chi connectivity index (χ0n) is 17.2. The summed E-state index contributed by atoms with van der Waals surface area (Å²) in [5, 5.41) is 0. The molecule has 0 unspecified atom stereocenters. The van der Waals surface area contributed by atoms with E-state index in [1.165, 1.54) is 0 Å². The highest BCUT2D eigenvalue weighted by Gasteiger charge is 2.43. The molecule has 0 radical (unpaired) electrons. The minimum absolute atomic E-state index is 0.0201. The predicted molar refractivity (Wildman–Crippen MR) is 104 cm³/mol. The van der Waals surface area contributed by atoms with Crippen LogP contribution in [0.2, 0.25) is 25.7 Å². The van der Waals surface area contributed by atoms with Gasteiger partial charge in [0.25, 0.3) is 0 Å². The van der Waals surface area contributed by atoms with Gasteiger partial charge < -0.3 is 9.47 Å². The molecule has 1 rings (SSSR count). The van der Waals surface area contributed by atoms with E-state index in [1.54, 1.807) is 0 Å². The van der Waals surface area contributed by atoms with Gasteiger partial charge in [0.15, 0.2) is 0 Å². The summed E-state index contributed by atoms with van der Waals surface area (Å²) in [7, 11) is -1.07. The minimum atomic E-state index is -1.07. The van der Waals surface area contributed by atoms with E-state index in [9.17, 15) is 4.79 Å². The summed E-state index contributed by atoms with van der Waals surface area (Å²) in [6.07, 6.45) is 2.13. The number of Topliss-reactive ketones (excluding diaryl/α,β-unsaturated/α-hetero) is 1. The Kier molecular flexibility index (Phi) is 8.64. The second kappa shape index (κ2) is 9.49. The van der Waals surface area contributed by atoms with Gasteiger partial charge >= 0.3 is 0 Å². The van der Waals surface area contributed by atoms with Crippen LogP contribution in [0.1, 0.15) is 47.5 Å². The average molecular weight is 357 g/mol. The van der Waals surface area contributed by atoms with Gasteiger partial charge in [0.05, 0.1) is 6.10 Å². The number of carbonyl (C=O) groups excluding carboxylic acids is 1. The molecule has 0 saturated heterocycles. The summed E-state index contributed by atoms with van der Waals surface area (Å²) in [4.78, 5) is 13.0. The molecule has 4 heteroatoms. The van der Waals surface area contributed by atoms with Crippen LogP contribution in [0.5, 0.6) is 0 Å². The maximum atomic E-state index is 13.0. The first-order valence-corrected chi connectivity index (χ1v) is 13.5. The second-order valence-corrected chi connectivity index (χ2v) is 15.2. The molecule has 0 aromatic rings. The lowest BCUT2D eigenvalue weighted by molar-refractivity contribution is -0.156. The van der Waals surface area contributed by atoms with Gasteiger partial charge in [-0.1, -0.05) is 54.3 Å². The predicted octanol–water partition coefficient (Wildman–Crippen LogP) is 5.23. The van der Waals surface area contributed by atoms with Crippen LogP contribution in [-0.2, 0) is 14.3 Å². The topological polar surface area (TPSA) is 35.5 Å². The fraction of sp³-hybridized carbons (Fsp3) is 0.950. The van der Waals surface area contributed by atoms with E-state index in [0.29, 0.717) is 30.3 Å². The molecule has 0 amide bonds. The van der Waals surface area contributed by atoms with E-state index in [4.69, 9.17) is 9.47 Å². The first-order valence-electron chi connectivity index (χ1n) is 9.77. The van der Waals surface area contributed by atoms with Crippen LogP contribution >= 0.6 is 0 Å². The Hall–Kier alpha value is -0.193. The molecule has 0 aromatic carbocycles. The van der Waals surface area contributed by atoms with Crippen molar-refractivity contribution < 1.29 is 14.3 Å². The third-order valence-electron chi connectivity index (χ3n) is 5.40. The Balaban J connectivity index is 2.63. The average Bonchev–Trinajstić information content (AvgIpc) is 2.42. The van der Waals surface area contributed by atoms with Gasteiger partial charge in [-0.3, -0.25) is 4.79 Å².